The Morgan fingerprint density at radius 2 is 1.92 bits per heavy atom. The summed E-state index contributed by atoms with van der Waals surface area (Å²) in [6.45, 7) is 7.69. The Kier molecular flexibility index (Phi) is 8.84. The number of aliphatic carboxylic acids is 1. The maximum Gasteiger partial charge on any atom is 0.490 e. The highest BCUT2D eigenvalue weighted by Gasteiger charge is 2.38. The lowest BCUT2D eigenvalue weighted by Gasteiger charge is -2.32. The van der Waals surface area contributed by atoms with Crippen molar-refractivity contribution in [1.29, 1.82) is 0 Å². The fourth-order valence-electron chi connectivity index (χ4n) is 4.00. The molecule has 3 heterocycles. The van der Waals surface area contributed by atoms with Gasteiger partial charge in [-0.1, -0.05) is 20.8 Å². The van der Waals surface area contributed by atoms with Gasteiger partial charge in [0.25, 0.3) is 0 Å². The molecule has 0 fully saturated rings. The molecule has 0 saturated carbocycles. The predicted octanol–water partition coefficient (Wildman–Crippen LogP) is 4.21. The zero-order chi connectivity index (χ0) is 28.1. The average molecular weight is 539 g/mol. The third kappa shape index (κ3) is 7.59. The fraction of sp³-hybridized carbons (Fsp3) is 0.500. The molecule has 1 unspecified atom stereocenters. The summed E-state index contributed by atoms with van der Waals surface area (Å²) >= 11 is 0. The molecule has 0 spiro atoms. The second kappa shape index (κ2) is 11.7. The fourth-order valence-corrected chi connectivity index (χ4v) is 4.00. The van der Waals surface area contributed by atoms with Gasteiger partial charge in [-0.05, 0) is 31.4 Å². The highest BCUT2D eigenvalue weighted by molar-refractivity contribution is 5.73. The minimum Gasteiger partial charge on any atom is -0.475 e. The molecule has 1 aliphatic carbocycles. The molecule has 3 aromatic heterocycles. The highest BCUT2D eigenvalue weighted by Crippen LogP contribution is 2.38. The Hall–Kier alpha value is -3.84. The lowest BCUT2D eigenvalue weighted by atomic mass is 9.76. The van der Waals surface area contributed by atoms with E-state index in [1.54, 1.807) is 19.3 Å². The van der Waals surface area contributed by atoms with Crippen molar-refractivity contribution in [1.82, 2.24) is 29.9 Å². The molecule has 0 radical (unpaired) electrons. The van der Waals surface area contributed by atoms with E-state index in [2.05, 4.69) is 46.6 Å². The van der Waals surface area contributed by atoms with E-state index in [0.29, 0.717) is 19.0 Å². The molecule has 0 aliphatic heterocycles. The van der Waals surface area contributed by atoms with Gasteiger partial charge in [-0.2, -0.15) is 33.1 Å². The minimum atomic E-state index is -5.08. The normalized spacial score (nSPS) is 15.1. The van der Waals surface area contributed by atoms with Crippen molar-refractivity contribution >= 4 is 17.7 Å². The first kappa shape index (κ1) is 28.7. The summed E-state index contributed by atoms with van der Waals surface area (Å²) in [6, 6.07) is 3.18. The Balaban J connectivity index is 0.000000505. The first-order chi connectivity index (χ1) is 17.8. The van der Waals surface area contributed by atoms with Crippen molar-refractivity contribution in [3.63, 3.8) is 0 Å². The molecule has 3 N–H and O–H groups in total. The topological polar surface area (TPSA) is 131 Å². The van der Waals surface area contributed by atoms with Gasteiger partial charge in [-0.15, -0.1) is 0 Å². The summed E-state index contributed by atoms with van der Waals surface area (Å²) in [4.78, 5) is 24.3. The molecule has 0 amide bonds. The quantitative estimate of drug-likeness (QED) is 0.379. The minimum absolute atomic E-state index is 0.0138. The molecule has 38 heavy (non-hydrogen) atoms. The van der Waals surface area contributed by atoms with Gasteiger partial charge >= 0.3 is 12.1 Å². The van der Waals surface area contributed by atoms with E-state index < -0.39 is 12.1 Å². The van der Waals surface area contributed by atoms with Crippen molar-refractivity contribution in [2.24, 2.45) is 7.05 Å². The summed E-state index contributed by atoms with van der Waals surface area (Å²) in [5, 5.41) is 22.3. The van der Waals surface area contributed by atoms with Crippen LogP contribution in [-0.2, 0) is 30.2 Å². The predicted molar refractivity (Wildman–Crippen MR) is 131 cm³/mol. The van der Waals surface area contributed by atoms with Gasteiger partial charge in [0.15, 0.2) is 0 Å². The van der Waals surface area contributed by atoms with Crippen LogP contribution in [0.1, 0.15) is 62.2 Å². The number of aryl methyl sites for hydroxylation is 1. The zero-order valence-electron chi connectivity index (χ0n) is 21.5. The number of alkyl halides is 3. The van der Waals surface area contributed by atoms with Crippen molar-refractivity contribution in [3.05, 3.63) is 53.0 Å². The summed E-state index contributed by atoms with van der Waals surface area (Å²) in [5.41, 5.74) is 3.93. The van der Waals surface area contributed by atoms with Crippen LogP contribution in [0.5, 0.6) is 0 Å². The molecule has 1 atom stereocenters. The molecule has 10 nitrogen and oxygen atoms in total. The maximum atomic E-state index is 13.2. The lowest BCUT2D eigenvalue weighted by Crippen LogP contribution is -2.28. The summed E-state index contributed by atoms with van der Waals surface area (Å²) in [5.74, 6) is -1.54. The van der Waals surface area contributed by atoms with E-state index in [1.807, 2.05) is 0 Å². The third-order valence-electron chi connectivity index (χ3n) is 6.02. The molecular weight excluding hydrogens is 508 g/mol. The maximum absolute atomic E-state index is 13.2. The molecule has 0 aromatic carbocycles. The molecule has 4 rings (SSSR count). The SMILES string of the molecule is CC(CNc1nc(NCc2cnn(C)n2)nc2c1CCCC2(C)C)c1ccc(F)cn1.O=C(O)C(F)(F)F. The number of halogens is 4. The monoisotopic (exact) mass is 538 g/mol. The van der Waals surface area contributed by atoms with Gasteiger partial charge in [-0.25, -0.2) is 14.2 Å². The van der Waals surface area contributed by atoms with E-state index in [9.17, 15) is 17.6 Å². The van der Waals surface area contributed by atoms with Gasteiger partial charge in [0.05, 0.1) is 24.6 Å². The highest BCUT2D eigenvalue weighted by atomic mass is 19.4. The van der Waals surface area contributed by atoms with E-state index in [1.165, 1.54) is 22.6 Å². The van der Waals surface area contributed by atoms with E-state index in [-0.39, 0.29) is 17.2 Å². The number of hydrogen-bond acceptors (Lipinski definition) is 8. The van der Waals surface area contributed by atoms with E-state index in [0.717, 1.165) is 42.2 Å². The number of anilines is 2. The van der Waals surface area contributed by atoms with Crippen LogP contribution in [0.15, 0.2) is 24.5 Å². The van der Waals surface area contributed by atoms with Crippen molar-refractivity contribution in [2.45, 2.75) is 64.1 Å². The number of nitrogens with one attached hydrogen (secondary N) is 2. The van der Waals surface area contributed by atoms with Crippen LogP contribution >= 0.6 is 0 Å². The van der Waals surface area contributed by atoms with Gasteiger partial charge in [-0.3, -0.25) is 4.98 Å². The summed E-state index contributed by atoms with van der Waals surface area (Å²) < 4.78 is 44.9. The van der Waals surface area contributed by atoms with Crippen molar-refractivity contribution < 1.29 is 27.5 Å². The molecule has 14 heteroatoms. The van der Waals surface area contributed by atoms with Crippen molar-refractivity contribution in [2.75, 3.05) is 17.2 Å². The van der Waals surface area contributed by atoms with Crippen LogP contribution in [-0.4, -0.2) is 53.7 Å². The number of nitrogens with zero attached hydrogens (tertiary/aromatic N) is 6. The van der Waals surface area contributed by atoms with Crippen LogP contribution in [0.3, 0.4) is 0 Å². The van der Waals surface area contributed by atoms with Crippen molar-refractivity contribution in [3.8, 4) is 0 Å². The van der Waals surface area contributed by atoms with E-state index in [4.69, 9.17) is 19.9 Å². The molecule has 0 saturated heterocycles. The Labute approximate surface area is 216 Å². The largest absolute Gasteiger partial charge is 0.490 e. The number of carboxylic acid groups (broad SMARTS) is 1. The molecule has 206 valence electrons. The number of pyridine rings is 1. The number of aromatic nitrogens is 6. The average Bonchev–Trinajstić information content (AvgIpc) is 3.26. The Morgan fingerprint density at radius 1 is 1.21 bits per heavy atom. The second-order valence-electron chi connectivity index (χ2n) is 9.63. The molecule has 3 aromatic rings. The molecular formula is C24H30F4N8O2. The zero-order valence-corrected chi connectivity index (χ0v) is 21.5. The summed E-state index contributed by atoms with van der Waals surface area (Å²) in [6.07, 6.45) is 1.06. The first-order valence-electron chi connectivity index (χ1n) is 11.9. The number of carboxylic acids is 1. The van der Waals surface area contributed by atoms with Crippen LogP contribution < -0.4 is 10.6 Å². The standard InChI is InChI=1S/C22H29FN8.C2HF3O2/c1-14(18-8-7-15(23)11-24-18)10-25-20-17-6-5-9-22(2,3)19(17)28-21(29-20)26-12-16-13-27-31(4)30-16;3-2(4,5)1(6)7/h7-8,11,13-14H,5-6,9-10,12H2,1-4H3,(H2,25,26,28,29);(H,6,7). The van der Waals surface area contributed by atoms with Gasteiger partial charge in [0.2, 0.25) is 5.95 Å². The third-order valence-corrected chi connectivity index (χ3v) is 6.02. The smallest absolute Gasteiger partial charge is 0.475 e. The Bertz CT molecular complexity index is 1250. The number of carbonyl (C=O) groups is 1. The van der Waals surface area contributed by atoms with Crippen LogP contribution in [0, 0.1) is 5.82 Å². The summed E-state index contributed by atoms with van der Waals surface area (Å²) in [7, 11) is 1.79. The van der Waals surface area contributed by atoms with Crippen LogP contribution in [0.4, 0.5) is 29.3 Å². The number of fused-ring (bicyclic) bond motifs is 1. The molecule has 1 aliphatic rings. The molecule has 0 bridgehead atoms. The Morgan fingerprint density at radius 3 is 2.50 bits per heavy atom. The number of rotatable bonds is 7. The van der Waals surface area contributed by atoms with Gasteiger partial charge in [0, 0.05) is 36.2 Å². The van der Waals surface area contributed by atoms with Crippen LogP contribution in [0.25, 0.3) is 0 Å². The van der Waals surface area contributed by atoms with Gasteiger partial charge in [0.1, 0.15) is 17.3 Å². The lowest BCUT2D eigenvalue weighted by molar-refractivity contribution is -0.192. The first-order valence-corrected chi connectivity index (χ1v) is 11.9. The second-order valence-corrected chi connectivity index (χ2v) is 9.63. The van der Waals surface area contributed by atoms with E-state index >= 15 is 0 Å². The van der Waals surface area contributed by atoms with Crippen LogP contribution in [0.2, 0.25) is 0 Å². The number of hydrogen-bond donors (Lipinski definition) is 3. The van der Waals surface area contributed by atoms with Gasteiger partial charge < -0.3 is 15.7 Å².